The number of anilines is 1. The fourth-order valence-corrected chi connectivity index (χ4v) is 4.57. The van der Waals surface area contributed by atoms with E-state index >= 15 is 0 Å². The van der Waals surface area contributed by atoms with Crippen LogP contribution in [0, 0.1) is 0 Å². The van der Waals surface area contributed by atoms with Gasteiger partial charge in [0.15, 0.2) is 0 Å². The highest BCUT2D eigenvalue weighted by molar-refractivity contribution is 7.20. The topological polar surface area (TPSA) is 111 Å². The minimum Gasteiger partial charge on any atom is -0.445 e. The molecule has 0 atom stereocenters. The molecule has 1 aromatic heterocycles. The lowest BCUT2D eigenvalue weighted by Crippen LogP contribution is -2.50. The van der Waals surface area contributed by atoms with Crippen molar-refractivity contribution < 1.29 is 24.3 Å². The van der Waals surface area contributed by atoms with Gasteiger partial charge < -0.3 is 15.0 Å². The van der Waals surface area contributed by atoms with Crippen molar-refractivity contribution in [2.24, 2.45) is 0 Å². The number of ether oxygens (including phenoxy) is 1. The number of benzene rings is 2. The van der Waals surface area contributed by atoms with Gasteiger partial charge in [-0.15, -0.1) is 11.3 Å². The summed E-state index contributed by atoms with van der Waals surface area (Å²) >= 11 is 1.23. The van der Waals surface area contributed by atoms with Gasteiger partial charge in [0.1, 0.15) is 6.61 Å². The Labute approximate surface area is 194 Å². The second-order valence-electron chi connectivity index (χ2n) is 7.66. The van der Waals surface area contributed by atoms with Gasteiger partial charge in [0.25, 0.3) is 5.91 Å². The van der Waals surface area contributed by atoms with Gasteiger partial charge in [-0.1, -0.05) is 36.4 Å². The number of carbonyl (C=O) groups excluding carboxylic acids is 3. The van der Waals surface area contributed by atoms with Crippen molar-refractivity contribution in [2.45, 2.75) is 6.61 Å². The number of hydrogen-bond donors (Lipinski definition) is 3. The Morgan fingerprint density at radius 3 is 2.48 bits per heavy atom. The first-order valence-electron chi connectivity index (χ1n) is 10.5. The molecule has 0 unspecified atom stereocenters. The van der Waals surface area contributed by atoms with Gasteiger partial charge in [-0.25, -0.2) is 10.3 Å². The summed E-state index contributed by atoms with van der Waals surface area (Å²) in [5, 5.41) is 12.5. The van der Waals surface area contributed by atoms with Crippen molar-refractivity contribution >= 4 is 45.0 Å². The molecule has 0 aliphatic carbocycles. The standard InChI is InChI=1S/C23H24N4O5S/c28-21(24-18-7-6-17-12-20(22(29)25-31)33-19(17)13-18)14-26-8-10-27(11-9-26)23(30)32-15-16-4-2-1-3-5-16/h1-7,12-13,31H,8-11,14-15H2,(H,24,28)(H,25,29). The van der Waals surface area contributed by atoms with E-state index in [2.05, 4.69) is 5.32 Å². The number of rotatable bonds is 6. The molecule has 3 amide bonds. The Bertz CT molecular complexity index is 1140. The van der Waals surface area contributed by atoms with Crippen LogP contribution in [0.2, 0.25) is 0 Å². The first kappa shape index (κ1) is 22.7. The van der Waals surface area contributed by atoms with E-state index in [1.807, 2.05) is 41.3 Å². The average Bonchev–Trinajstić information content (AvgIpc) is 3.26. The number of fused-ring (bicyclic) bond motifs is 1. The van der Waals surface area contributed by atoms with Crippen molar-refractivity contribution in [1.29, 1.82) is 0 Å². The Hall–Kier alpha value is -3.47. The maximum Gasteiger partial charge on any atom is 0.410 e. The van der Waals surface area contributed by atoms with E-state index in [1.54, 1.807) is 28.6 Å². The Morgan fingerprint density at radius 2 is 1.76 bits per heavy atom. The van der Waals surface area contributed by atoms with Gasteiger partial charge in [0.2, 0.25) is 5.91 Å². The molecular formula is C23H24N4O5S. The summed E-state index contributed by atoms with van der Waals surface area (Å²) in [7, 11) is 0. The summed E-state index contributed by atoms with van der Waals surface area (Å²) in [4.78, 5) is 40.4. The van der Waals surface area contributed by atoms with E-state index in [9.17, 15) is 14.4 Å². The highest BCUT2D eigenvalue weighted by Gasteiger charge is 2.23. The number of hydroxylamine groups is 1. The number of carbonyl (C=O) groups is 3. The molecule has 10 heteroatoms. The summed E-state index contributed by atoms with van der Waals surface area (Å²) in [5.74, 6) is -0.718. The van der Waals surface area contributed by atoms with Crippen LogP contribution in [0.15, 0.2) is 54.6 Å². The molecule has 33 heavy (non-hydrogen) atoms. The summed E-state index contributed by atoms with van der Waals surface area (Å²) in [5.41, 5.74) is 3.20. The molecule has 1 aliphatic rings. The Morgan fingerprint density at radius 1 is 1.00 bits per heavy atom. The smallest absolute Gasteiger partial charge is 0.410 e. The molecule has 1 saturated heterocycles. The van der Waals surface area contributed by atoms with Gasteiger partial charge in [-0.2, -0.15) is 0 Å². The molecule has 3 N–H and O–H groups in total. The molecule has 2 aromatic carbocycles. The molecule has 0 spiro atoms. The number of nitrogens with zero attached hydrogens (tertiary/aromatic N) is 2. The quantitative estimate of drug-likeness (QED) is 0.379. The summed E-state index contributed by atoms with van der Waals surface area (Å²) in [6.45, 7) is 2.61. The molecule has 9 nitrogen and oxygen atoms in total. The van der Waals surface area contributed by atoms with Crippen LogP contribution in [0.3, 0.4) is 0 Å². The Kier molecular flexibility index (Phi) is 7.18. The third-order valence-electron chi connectivity index (χ3n) is 5.33. The van der Waals surface area contributed by atoms with E-state index in [0.29, 0.717) is 36.7 Å². The highest BCUT2D eigenvalue weighted by Crippen LogP contribution is 2.28. The van der Waals surface area contributed by atoms with Crippen molar-refractivity contribution in [3.8, 4) is 0 Å². The minimum atomic E-state index is -0.565. The van der Waals surface area contributed by atoms with E-state index < -0.39 is 5.91 Å². The average molecular weight is 469 g/mol. The largest absolute Gasteiger partial charge is 0.445 e. The van der Waals surface area contributed by atoms with Crippen LogP contribution in [0.4, 0.5) is 10.5 Å². The third-order valence-corrected chi connectivity index (χ3v) is 6.43. The van der Waals surface area contributed by atoms with Crippen molar-refractivity contribution in [2.75, 3.05) is 38.0 Å². The van der Waals surface area contributed by atoms with E-state index in [1.165, 1.54) is 11.3 Å². The van der Waals surface area contributed by atoms with Crippen molar-refractivity contribution in [1.82, 2.24) is 15.3 Å². The summed E-state index contributed by atoms with van der Waals surface area (Å²) in [6, 6.07) is 16.6. The molecule has 3 aromatic rings. The predicted octanol–water partition coefficient (Wildman–Crippen LogP) is 2.91. The van der Waals surface area contributed by atoms with Gasteiger partial charge in [-0.05, 0) is 29.1 Å². The first-order valence-corrected chi connectivity index (χ1v) is 11.3. The third kappa shape index (κ3) is 5.86. The second-order valence-corrected chi connectivity index (χ2v) is 8.74. The monoisotopic (exact) mass is 468 g/mol. The van der Waals surface area contributed by atoms with Crippen LogP contribution >= 0.6 is 11.3 Å². The molecule has 0 saturated carbocycles. The van der Waals surface area contributed by atoms with Crippen LogP contribution in [0.5, 0.6) is 0 Å². The van der Waals surface area contributed by atoms with Gasteiger partial charge in [0.05, 0.1) is 11.4 Å². The van der Waals surface area contributed by atoms with Crippen molar-refractivity contribution in [3.63, 3.8) is 0 Å². The zero-order valence-corrected chi connectivity index (χ0v) is 18.6. The van der Waals surface area contributed by atoms with Crippen LogP contribution in [-0.4, -0.2) is 65.6 Å². The minimum absolute atomic E-state index is 0.153. The van der Waals surface area contributed by atoms with E-state index in [-0.39, 0.29) is 25.2 Å². The number of piperazine rings is 1. The van der Waals surface area contributed by atoms with Gasteiger partial charge in [0, 0.05) is 36.6 Å². The van der Waals surface area contributed by atoms with E-state index in [0.717, 1.165) is 15.6 Å². The zero-order valence-electron chi connectivity index (χ0n) is 17.8. The first-order chi connectivity index (χ1) is 16.0. The number of thiophene rings is 1. The van der Waals surface area contributed by atoms with Crippen LogP contribution in [0.25, 0.3) is 10.1 Å². The molecule has 172 valence electrons. The number of amides is 3. The molecule has 2 heterocycles. The Balaban J connectivity index is 1.23. The highest BCUT2D eigenvalue weighted by atomic mass is 32.1. The SMILES string of the molecule is O=C(CN1CCN(C(=O)OCc2ccccc2)CC1)Nc1ccc2cc(C(=O)NO)sc2c1. The zero-order chi connectivity index (χ0) is 23.2. The second kappa shape index (κ2) is 10.4. The molecule has 1 aliphatic heterocycles. The lowest BCUT2D eigenvalue weighted by Gasteiger charge is -2.33. The molecular weight excluding hydrogens is 444 g/mol. The maximum absolute atomic E-state index is 12.5. The molecule has 1 fully saturated rings. The normalized spacial score (nSPS) is 14.2. The molecule has 0 bridgehead atoms. The fourth-order valence-electron chi connectivity index (χ4n) is 3.58. The van der Waals surface area contributed by atoms with Crippen molar-refractivity contribution in [3.05, 3.63) is 65.0 Å². The molecule has 0 radical (unpaired) electrons. The van der Waals surface area contributed by atoms with Crippen LogP contribution < -0.4 is 10.8 Å². The van der Waals surface area contributed by atoms with Crippen LogP contribution in [0.1, 0.15) is 15.2 Å². The lowest BCUT2D eigenvalue weighted by atomic mass is 10.2. The number of hydrogen-bond acceptors (Lipinski definition) is 7. The van der Waals surface area contributed by atoms with Crippen LogP contribution in [-0.2, 0) is 16.1 Å². The number of nitrogens with one attached hydrogen (secondary N) is 2. The predicted molar refractivity (Wildman–Crippen MR) is 124 cm³/mol. The molecule has 4 rings (SSSR count). The van der Waals surface area contributed by atoms with E-state index in [4.69, 9.17) is 9.94 Å². The van der Waals surface area contributed by atoms with Gasteiger partial charge in [-0.3, -0.25) is 19.7 Å². The lowest BCUT2D eigenvalue weighted by molar-refractivity contribution is -0.117. The maximum atomic E-state index is 12.5. The summed E-state index contributed by atoms with van der Waals surface area (Å²) in [6.07, 6.45) is -0.346. The van der Waals surface area contributed by atoms with Gasteiger partial charge >= 0.3 is 6.09 Å². The summed E-state index contributed by atoms with van der Waals surface area (Å²) < 4.78 is 6.20. The fraction of sp³-hybridized carbons (Fsp3) is 0.261.